The average molecular weight is 252 g/mol. The summed E-state index contributed by atoms with van der Waals surface area (Å²) in [5, 5.41) is 15.1. The van der Waals surface area contributed by atoms with E-state index in [0.717, 1.165) is 12.8 Å². The maximum absolute atomic E-state index is 11.6. The van der Waals surface area contributed by atoms with Gasteiger partial charge < -0.3 is 14.9 Å². The van der Waals surface area contributed by atoms with Crippen molar-refractivity contribution in [2.75, 3.05) is 6.54 Å². The first-order valence-electron chi connectivity index (χ1n) is 6.08. The summed E-state index contributed by atoms with van der Waals surface area (Å²) in [6.45, 7) is 0.561. The summed E-state index contributed by atoms with van der Waals surface area (Å²) in [6.07, 6.45) is 4.49. The SMILES string of the molecule is O=C(NCC1CCC(C(=O)O)CC1)c1ccno1. The summed E-state index contributed by atoms with van der Waals surface area (Å²) in [7, 11) is 0. The number of hydrogen-bond acceptors (Lipinski definition) is 4. The molecule has 1 aromatic heterocycles. The number of aromatic nitrogens is 1. The van der Waals surface area contributed by atoms with E-state index in [2.05, 4.69) is 10.5 Å². The molecular formula is C12H16N2O4. The Bertz CT molecular complexity index is 408. The fraction of sp³-hybridized carbons (Fsp3) is 0.583. The molecule has 0 aliphatic heterocycles. The lowest BCUT2D eigenvalue weighted by Gasteiger charge is -2.25. The molecule has 6 nitrogen and oxygen atoms in total. The summed E-state index contributed by atoms with van der Waals surface area (Å²) in [5.41, 5.74) is 0. The Kier molecular flexibility index (Phi) is 3.96. The predicted molar refractivity (Wildman–Crippen MR) is 61.9 cm³/mol. The van der Waals surface area contributed by atoms with Crippen LogP contribution in [-0.4, -0.2) is 28.7 Å². The number of amides is 1. The number of carbonyl (C=O) groups is 2. The van der Waals surface area contributed by atoms with Crippen LogP contribution in [0.4, 0.5) is 0 Å². The third-order valence-electron chi connectivity index (χ3n) is 3.41. The number of carboxylic acids is 1. The van der Waals surface area contributed by atoms with Crippen molar-refractivity contribution < 1.29 is 19.2 Å². The summed E-state index contributed by atoms with van der Waals surface area (Å²) < 4.78 is 4.74. The van der Waals surface area contributed by atoms with Crippen LogP contribution in [0.3, 0.4) is 0 Å². The lowest BCUT2D eigenvalue weighted by molar-refractivity contribution is -0.143. The van der Waals surface area contributed by atoms with Gasteiger partial charge in [-0.15, -0.1) is 0 Å². The standard InChI is InChI=1S/C12H16N2O4/c15-11(10-5-6-14-18-10)13-7-8-1-3-9(4-2-8)12(16)17/h5-6,8-9H,1-4,7H2,(H,13,15)(H,16,17). The fourth-order valence-corrected chi connectivity index (χ4v) is 2.27. The van der Waals surface area contributed by atoms with Gasteiger partial charge in [-0.2, -0.15) is 0 Å². The number of carboxylic acid groups (broad SMARTS) is 1. The molecule has 1 aliphatic carbocycles. The molecular weight excluding hydrogens is 236 g/mol. The molecule has 0 bridgehead atoms. The first-order chi connectivity index (χ1) is 8.66. The van der Waals surface area contributed by atoms with Gasteiger partial charge in [-0.3, -0.25) is 9.59 Å². The van der Waals surface area contributed by atoms with Crippen LogP contribution in [0.15, 0.2) is 16.8 Å². The highest BCUT2D eigenvalue weighted by Crippen LogP contribution is 2.28. The minimum atomic E-state index is -0.709. The van der Waals surface area contributed by atoms with E-state index >= 15 is 0 Å². The lowest BCUT2D eigenvalue weighted by Crippen LogP contribution is -2.32. The minimum absolute atomic E-state index is 0.203. The molecule has 1 fully saturated rings. The van der Waals surface area contributed by atoms with Crippen LogP contribution in [0.25, 0.3) is 0 Å². The lowest BCUT2D eigenvalue weighted by atomic mass is 9.82. The van der Waals surface area contributed by atoms with Crippen molar-refractivity contribution in [3.63, 3.8) is 0 Å². The second-order valence-electron chi connectivity index (χ2n) is 4.64. The first-order valence-corrected chi connectivity index (χ1v) is 6.08. The number of carbonyl (C=O) groups excluding carboxylic acids is 1. The van der Waals surface area contributed by atoms with Crippen LogP contribution in [0.1, 0.15) is 36.2 Å². The van der Waals surface area contributed by atoms with E-state index in [1.54, 1.807) is 0 Å². The van der Waals surface area contributed by atoms with Crippen LogP contribution in [-0.2, 0) is 4.79 Å². The van der Waals surface area contributed by atoms with Crippen molar-refractivity contribution in [2.24, 2.45) is 11.8 Å². The Labute approximate surface area is 104 Å². The molecule has 2 rings (SSSR count). The molecule has 18 heavy (non-hydrogen) atoms. The van der Waals surface area contributed by atoms with Crippen molar-refractivity contribution in [2.45, 2.75) is 25.7 Å². The fourth-order valence-electron chi connectivity index (χ4n) is 2.27. The third-order valence-corrected chi connectivity index (χ3v) is 3.41. The van der Waals surface area contributed by atoms with Crippen LogP contribution in [0, 0.1) is 11.8 Å². The number of hydrogen-bond donors (Lipinski definition) is 2. The smallest absolute Gasteiger partial charge is 0.306 e. The van der Waals surface area contributed by atoms with Crippen molar-refractivity contribution in [3.8, 4) is 0 Å². The van der Waals surface area contributed by atoms with E-state index in [9.17, 15) is 9.59 Å². The average Bonchev–Trinajstić information content (AvgIpc) is 2.90. The Morgan fingerprint density at radius 2 is 2.11 bits per heavy atom. The topological polar surface area (TPSA) is 92.4 Å². The Morgan fingerprint density at radius 1 is 1.39 bits per heavy atom. The Balaban J connectivity index is 1.72. The number of aliphatic carboxylic acids is 1. The number of nitrogens with zero attached hydrogens (tertiary/aromatic N) is 1. The zero-order valence-electron chi connectivity index (χ0n) is 9.96. The molecule has 2 N–H and O–H groups in total. The first kappa shape index (κ1) is 12.6. The molecule has 0 unspecified atom stereocenters. The molecule has 0 aromatic carbocycles. The highest BCUT2D eigenvalue weighted by Gasteiger charge is 2.26. The van der Waals surface area contributed by atoms with Crippen molar-refractivity contribution in [1.82, 2.24) is 10.5 Å². The van der Waals surface area contributed by atoms with Crippen LogP contribution in [0.5, 0.6) is 0 Å². The van der Waals surface area contributed by atoms with E-state index in [4.69, 9.17) is 9.63 Å². The molecule has 0 spiro atoms. The molecule has 1 aromatic rings. The summed E-state index contributed by atoms with van der Waals surface area (Å²) >= 11 is 0. The van der Waals surface area contributed by atoms with Crippen LogP contribution < -0.4 is 5.32 Å². The summed E-state index contributed by atoms with van der Waals surface area (Å²) in [5.74, 6) is -0.639. The van der Waals surface area contributed by atoms with Gasteiger partial charge in [-0.05, 0) is 31.6 Å². The number of nitrogens with one attached hydrogen (secondary N) is 1. The van der Waals surface area contributed by atoms with Crippen LogP contribution in [0.2, 0.25) is 0 Å². The molecule has 1 aliphatic rings. The highest BCUT2D eigenvalue weighted by atomic mass is 16.5. The molecule has 0 radical (unpaired) electrons. The van der Waals surface area contributed by atoms with Gasteiger partial charge in [-0.1, -0.05) is 5.16 Å². The van der Waals surface area contributed by atoms with Gasteiger partial charge in [0.2, 0.25) is 5.76 Å². The monoisotopic (exact) mass is 252 g/mol. The second kappa shape index (κ2) is 5.66. The normalized spacial score (nSPS) is 23.6. The summed E-state index contributed by atoms with van der Waals surface area (Å²) in [6, 6.07) is 1.51. The molecule has 0 saturated heterocycles. The zero-order chi connectivity index (χ0) is 13.0. The van der Waals surface area contributed by atoms with Crippen molar-refractivity contribution in [3.05, 3.63) is 18.0 Å². The van der Waals surface area contributed by atoms with Gasteiger partial charge in [-0.25, -0.2) is 0 Å². The predicted octanol–water partition coefficient (Wildman–Crippen LogP) is 1.30. The Hall–Kier alpha value is -1.85. The maximum Gasteiger partial charge on any atom is 0.306 e. The molecule has 1 amide bonds. The summed E-state index contributed by atoms with van der Waals surface area (Å²) in [4.78, 5) is 22.4. The highest BCUT2D eigenvalue weighted by molar-refractivity contribution is 5.91. The second-order valence-corrected chi connectivity index (χ2v) is 4.64. The molecule has 0 atom stereocenters. The largest absolute Gasteiger partial charge is 0.481 e. The molecule has 98 valence electrons. The minimum Gasteiger partial charge on any atom is -0.481 e. The van der Waals surface area contributed by atoms with E-state index < -0.39 is 5.97 Å². The van der Waals surface area contributed by atoms with Gasteiger partial charge in [0.05, 0.1) is 12.1 Å². The quantitative estimate of drug-likeness (QED) is 0.842. The molecule has 1 saturated carbocycles. The van der Waals surface area contributed by atoms with Gasteiger partial charge in [0, 0.05) is 12.6 Å². The molecule has 1 heterocycles. The van der Waals surface area contributed by atoms with E-state index in [1.807, 2.05) is 0 Å². The van der Waals surface area contributed by atoms with Crippen LogP contribution >= 0.6 is 0 Å². The third kappa shape index (κ3) is 3.09. The van der Waals surface area contributed by atoms with Gasteiger partial charge >= 0.3 is 5.97 Å². The Morgan fingerprint density at radius 3 is 2.67 bits per heavy atom. The van der Waals surface area contributed by atoms with Gasteiger partial charge in [0.25, 0.3) is 5.91 Å². The van der Waals surface area contributed by atoms with Gasteiger partial charge in [0.1, 0.15) is 0 Å². The van der Waals surface area contributed by atoms with E-state index in [1.165, 1.54) is 12.3 Å². The zero-order valence-corrected chi connectivity index (χ0v) is 9.96. The molecule has 6 heteroatoms. The van der Waals surface area contributed by atoms with E-state index in [-0.39, 0.29) is 17.6 Å². The van der Waals surface area contributed by atoms with Crippen molar-refractivity contribution >= 4 is 11.9 Å². The van der Waals surface area contributed by atoms with Gasteiger partial charge in [0.15, 0.2) is 0 Å². The van der Waals surface area contributed by atoms with Crippen molar-refractivity contribution in [1.29, 1.82) is 0 Å². The van der Waals surface area contributed by atoms with E-state index in [0.29, 0.717) is 25.3 Å². The number of rotatable bonds is 4. The maximum atomic E-state index is 11.6.